The van der Waals surface area contributed by atoms with Crippen LogP contribution in [0.5, 0.6) is 0 Å². The Morgan fingerprint density at radius 1 is 1.00 bits per heavy atom. The summed E-state index contributed by atoms with van der Waals surface area (Å²) in [6, 6.07) is 7.33. The molecule has 2 amide bonds. The smallest absolute Gasteiger partial charge is 0.234 e. The van der Waals surface area contributed by atoms with Crippen LogP contribution in [0, 0.1) is 5.41 Å². The van der Waals surface area contributed by atoms with Crippen LogP contribution in [0.3, 0.4) is 0 Å². The standard InChI is InChI=1S/C17H21NO3/c19-10-7-13-3-5-14(6-4-13)18-15(20)11-17(12-16(18)21)8-1-2-9-17/h3-6,19H,1-2,7-12H2. The van der Waals surface area contributed by atoms with E-state index in [0.717, 1.165) is 31.2 Å². The van der Waals surface area contributed by atoms with E-state index in [1.54, 1.807) is 12.1 Å². The number of anilines is 1. The number of carbonyl (C=O) groups excluding carboxylic acids is 2. The molecule has 1 aromatic rings. The lowest BCUT2D eigenvalue weighted by Gasteiger charge is -2.37. The molecule has 1 N–H and O–H groups in total. The second kappa shape index (κ2) is 5.60. The van der Waals surface area contributed by atoms with Gasteiger partial charge in [-0.25, -0.2) is 0 Å². The van der Waals surface area contributed by atoms with Gasteiger partial charge in [-0.2, -0.15) is 0 Å². The number of benzene rings is 1. The Morgan fingerprint density at radius 3 is 2.10 bits per heavy atom. The summed E-state index contributed by atoms with van der Waals surface area (Å²) in [7, 11) is 0. The lowest BCUT2D eigenvalue weighted by atomic mass is 9.76. The molecule has 0 atom stereocenters. The summed E-state index contributed by atoms with van der Waals surface area (Å²) >= 11 is 0. The van der Waals surface area contributed by atoms with E-state index in [2.05, 4.69) is 0 Å². The highest BCUT2D eigenvalue weighted by molar-refractivity contribution is 6.17. The molecular weight excluding hydrogens is 266 g/mol. The summed E-state index contributed by atoms with van der Waals surface area (Å²) < 4.78 is 0. The molecule has 4 heteroatoms. The Morgan fingerprint density at radius 2 is 1.57 bits per heavy atom. The summed E-state index contributed by atoms with van der Waals surface area (Å²) in [5.41, 5.74) is 1.60. The normalized spacial score (nSPS) is 21.3. The lowest BCUT2D eigenvalue weighted by Crippen LogP contribution is -2.47. The van der Waals surface area contributed by atoms with Gasteiger partial charge in [0.25, 0.3) is 0 Å². The summed E-state index contributed by atoms with van der Waals surface area (Å²) in [5.74, 6) is -0.133. The first-order chi connectivity index (χ1) is 10.1. The van der Waals surface area contributed by atoms with Crippen LogP contribution in [-0.2, 0) is 16.0 Å². The number of hydrogen-bond acceptors (Lipinski definition) is 3. The van der Waals surface area contributed by atoms with E-state index >= 15 is 0 Å². The number of aliphatic hydroxyl groups excluding tert-OH is 1. The third kappa shape index (κ3) is 2.72. The first kappa shape index (κ1) is 14.3. The molecule has 2 fully saturated rings. The second-order valence-electron chi connectivity index (χ2n) is 6.32. The molecule has 1 aliphatic carbocycles. The number of aliphatic hydroxyl groups is 1. The van der Waals surface area contributed by atoms with Crippen molar-refractivity contribution >= 4 is 17.5 Å². The van der Waals surface area contributed by atoms with Crippen LogP contribution in [-0.4, -0.2) is 23.5 Å². The number of amides is 2. The van der Waals surface area contributed by atoms with Gasteiger partial charge in [-0.1, -0.05) is 25.0 Å². The molecule has 1 saturated heterocycles. The molecule has 1 saturated carbocycles. The van der Waals surface area contributed by atoms with Gasteiger partial charge in [0, 0.05) is 19.4 Å². The fourth-order valence-corrected chi connectivity index (χ4v) is 3.71. The maximum absolute atomic E-state index is 12.4. The summed E-state index contributed by atoms with van der Waals surface area (Å²) in [5, 5.41) is 8.92. The van der Waals surface area contributed by atoms with E-state index in [9.17, 15) is 9.59 Å². The van der Waals surface area contributed by atoms with E-state index < -0.39 is 0 Å². The Bertz CT molecular complexity index is 524. The van der Waals surface area contributed by atoms with E-state index in [0.29, 0.717) is 24.9 Å². The number of carbonyl (C=O) groups is 2. The quantitative estimate of drug-likeness (QED) is 0.869. The molecule has 4 nitrogen and oxygen atoms in total. The van der Waals surface area contributed by atoms with E-state index in [4.69, 9.17) is 5.11 Å². The van der Waals surface area contributed by atoms with Crippen molar-refractivity contribution in [3.05, 3.63) is 29.8 Å². The van der Waals surface area contributed by atoms with Crippen LogP contribution in [0.4, 0.5) is 5.69 Å². The van der Waals surface area contributed by atoms with Gasteiger partial charge >= 0.3 is 0 Å². The van der Waals surface area contributed by atoms with Gasteiger partial charge in [0.15, 0.2) is 0 Å². The van der Waals surface area contributed by atoms with Crippen molar-refractivity contribution in [2.75, 3.05) is 11.5 Å². The third-order valence-corrected chi connectivity index (χ3v) is 4.81. The van der Waals surface area contributed by atoms with Crippen molar-refractivity contribution in [1.82, 2.24) is 0 Å². The van der Waals surface area contributed by atoms with Crippen molar-refractivity contribution < 1.29 is 14.7 Å². The van der Waals surface area contributed by atoms with E-state index in [1.165, 1.54) is 4.90 Å². The van der Waals surface area contributed by atoms with Gasteiger partial charge in [-0.05, 0) is 42.4 Å². The Labute approximate surface area is 124 Å². The molecule has 1 aromatic carbocycles. The van der Waals surface area contributed by atoms with Crippen LogP contribution in [0.2, 0.25) is 0 Å². The molecule has 0 unspecified atom stereocenters. The van der Waals surface area contributed by atoms with Gasteiger partial charge in [-0.3, -0.25) is 14.5 Å². The second-order valence-corrected chi connectivity index (χ2v) is 6.32. The molecule has 2 aliphatic rings. The molecule has 3 rings (SSSR count). The summed E-state index contributed by atoms with van der Waals surface area (Å²) in [6.07, 6.45) is 5.87. The predicted molar refractivity (Wildman–Crippen MR) is 79.9 cm³/mol. The molecule has 0 aromatic heterocycles. The maximum Gasteiger partial charge on any atom is 0.234 e. The van der Waals surface area contributed by atoms with Gasteiger partial charge in [-0.15, -0.1) is 0 Å². The highest BCUT2D eigenvalue weighted by atomic mass is 16.3. The predicted octanol–water partition coefficient (Wildman–Crippen LogP) is 2.44. The van der Waals surface area contributed by atoms with Crippen LogP contribution < -0.4 is 4.90 Å². The van der Waals surface area contributed by atoms with Gasteiger partial charge in [0.2, 0.25) is 11.8 Å². The van der Waals surface area contributed by atoms with Crippen molar-refractivity contribution in [1.29, 1.82) is 0 Å². The number of imide groups is 1. The van der Waals surface area contributed by atoms with Crippen molar-refractivity contribution in [3.8, 4) is 0 Å². The zero-order valence-electron chi connectivity index (χ0n) is 12.2. The monoisotopic (exact) mass is 287 g/mol. The summed E-state index contributed by atoms with van der Waals surface area (Å²) in [6.45, 7) is 0.101. The summed E-state index contributed by atoms with van der Waals surface area (Å²) in [4.78, 5) is 26.2. The van der Waals surface area contributed by atoms with Crippen LogP contribution in [0.25, 0.3) is 0 Å². The minimum atomic E-state index is -0.0666. The molecule has 1 heterocycles. The zero-order valence-corrected chi connectivity index (χ0v) is 12.2. The Hall–Kier alpha value is -1.68. The SMILES string of the molecule is O=C1CC2(CCCC2)CC(=O)N1c1ccc(CCO)cc1. The molecular formula is C17H21NO3. The molecule has 0 radical (unpaired) electrons. The molecule has 112 valence electrons. The van der Waals surface area contributed by atoms with Gasteiger partial charge in [0.1, 0.15) is 0 Å². The number of rotatable bonds is 3. The maximum atomic E-state index is 12.4. The molecule has 1 spiro atoms. The number of hydrogen-bond donors (Lipinski definition) is 1. The van der Waals surface area contributed by atoms with Crippen LogP contribution in [0.15, 0.2) is 24.3 Å². The minimum Gasteiger partial charge on any atom is -0.396 e. The van der Waals surface area contributed by atoms with E-state index in [1.807, 2.05) is 12.1 Å². The first-order valence-corrected chi connectivity index (χ1v) is 7.69. The average molecular weight is 287 g/mol. The zero-order chi connectivity index (χ0) is 14.9. The third-order valence-electron chi connectivity index (χ3n) is 4.81. The Balaban J connectivity index is 1.79. The fourth-order valence-electron chi connectivity index (χ4n) is 3.71. The fraction of sp³-hybridized carbons (Fsp3) is 0.529. The molecule has 1 aliphatic heterocycles. The highest BCUT2D eigenvalue weighted by Gasteiger charge is 2.45. The first-order valence-electron chi connectivity index (χ1n) is 7.69. The van der Waals surface area contributed by atoms with Crippen molar-refractivity contribution in [2.24, 2.45) is 5.41 Å². The lowest BCUT2D eigenvalue weighted by molar-refractivity contribution is -0.133. The van der Waals surface area contributed by atoms with Crippen molar-refractivity contribution in [2.45, 2.75) is 44.9 Å². The Kier molecular flexibility index (Phi) is 3.81. The van der Waals surface area contributed by atoms with Crippen molar-refractivity contribution in [3.63, 3.8) is 0 Å². The van der Waals surface area contributed by atoms with Gasteiger partial charge in [0.05, 0.1) is 5.69 Å². The van der Waals surface area contributed by atoms with E-state index in [-0.39, 0.29) is 23.8 Å². The van der Waals surface area contributed by atoms with Crippen LogP contribution >= 0.6 is 0 Å². The van der Waals surface area contributed by atoms with Gasteiger partial charge < -0.3 is 5.11 Å². The molecule has 0 bridgehead atoms. The average Bonchev–Trinajstić information content (AvgIpc) is 2.88. The molecule has 21 heavy (non-hydrogen) atoms. The largest absolute Gasteiger partial charge is 0.396 e. The highest BCUT2D eigenvalue weighted by Crippen LogP contribution is 2.47. The topological polar surface area (TPSA) is 57.6 Å². The minimum absolute atomic E-state index is 0.0541. The van der Waals surface area contributed by atoms with Crippen LogP contribution in [0.1, 0.15) is 44.1 Å². The number of piperidine rings is 1. The number of nitrogens with zero attached hydrogens (tertiary/aromatic N) is 1.